The van der Waals surface area contributed by atoms with E-state index in [0.29, 0.717) is 28.5 Å². The van der Waals surface area contributed by atoms with Crippen LogP contribution in [0.15, 0.2) is 66.9 Å². The van der Waals surface area contributed by atoms with Crippen LogP contribution in [-0.4, -0.2) is 17.0 Å². The number of hydrogen-bond donors (Lipinski definition) is 2. The number of para-hydroxylation sites is 2. The number of halogens is 1. The molecule has 6 heteroatoms. The Morgan fingerprint density at radius 1 is 1.07 bits per heavy atom. The predicted molar refractivity (Wildman–Crippen MR) is 104 cm³/mol. The summed E-state index contributed by atoms with van der Waals surface area (Å²) in [5.41, 5.74) is 1.71. The Bertz CT molecular complexity index is 927. The Balaban J connectivity index is 1.75. The van der Waals surface area contributed by atoms with E-state index in [2.05, 4.69) is 15.6 Å². The van der Waals surface area contributed by atoms with Gasteiger partial charge in [0.05, 0.1) is 11.8 Å². The molecule has 0 aliphatic rings. The molecule has 2 aromatic carbocycles. The summed E-state index contributed by atoms with van der Waals surface area (Å²) in [4.78, 5) is 16.8. The molecule has 3 rings (SSSR count). The number of ether oxygens (including phenoxy) is 1. The first-order valence-corrected chi connectivity index (χ1v) is 8.57. The van der Waals surface area contributed by atoms with Gasteiger partial charge in [0.25, 0.3) is 5.91 Å². The van der Waals surface area contributed by atoms with E-state index >= 15 is 0 Å². The molecule has 0 unspecified atom stereocenters. The average molecular weight is 365 g/mol. The molecule has 0 atom stereocenters. The van der Waals surface area contributed by atoms with Crippen molar-refractivity contribution in [2.24, 2.45) is 0 Å². The fourth-order valence-corrected chi connectivity index (χ4v) is 2.44. The first-order chi connectivity index (χ1) is 13.0. The second-order valence-electron chi connectivity index (χ2n) is 6.18. The normalized spacial score (nSPS) is 10.5. The number of amides is 1. The lowest BCUT2D eigenvalue weighted by Gasteiger charge is -2.15. The molecule has 0 spiro atoms. The monoisotopic (exact) mass is 365 g/mol. The number of nitrogens with zero attached hydrogens (tertiary/aromatic N) is 1. The van der Waals surface area contributed by atoms with E-state index in [0.717, 1.165) is 0 Å². The van der Waals surface area contributed by atoms with Gasteiger partial charge in [-0.3, -0.25) is 4.79 Å². The van der Waals surface area contributed by atoms with Gasteiger partial charge in [-0.05, 0) is 62.4 Å². The number of aromatic nitrogens is 1. The summed E-state index contributed by atoms with van der Waals surface area (Å²) in [6.07, 6.45) is 1.53. The topological polar surface area (TPSA) is 63.2 Å². The van der Waals surface area contributed by atoms with Crippen molar-refractivity contribution in [1.82, 2.24) is 4.98 Å². The highest BCUT2D eigenvalue weighted by atomic mass is 19.1. The number of anilines is 3. The first-order valence-electron chi connectivity index (χ1n) is 8.57. The van der Waals surface area contributed by atoms with Crippen molar-refractivity contribution in [2.45, 2.75) is 20.0 Å². The van der Waals surface area contributed by atoms with Crippen LogP contribution in [0.5, 0.6) is 5.75 Å². The van der Waals surface area contributed by atoms with Gasteiger partial charge < -0.3 is 15.4 Å². The van der Waals surface area contributed by atoms with E-state index in [1.165, 1.54) is 18.3 Å². The number of carbonyl (C=O) groups is 1. The minimum atomic E-state index is -0.316. The molecule has 0 aliphatic heterocycles. The first kappa shape index (κ1) is 18.4. The number of nitrogens with one attached hydrogen (secondary N) is 2. The maximum atomic E-state index is 13.0. The van der Waals surface area contributed by atoms with Gasteiger partial charge in [-0.15, -0.1) is 0 Å². The molecule has 1 heterocycles. The third-order valence-electron chi connectivity index (χ3n) is 3.64. The van der Waals surface area contributed by atoms with Gasteiger partial charge in [-0.1, -0.05) is 12.1 Å². The predicted octanol–water partition coefficient (Wildman–Crippen LogP) is 5.00. The van der Waals surface area contributed by atoms with E-state index in [9.17, 15) is 9.18 Å². The van der Waals surface area contributed by atoms with Crippen molar-refractivity contribution in [3.05, 3.63) is 78.2 Å². The highest BCUT2D eigenvalue weighted by molar-refractivity contribution is 6.05. The van der Waals surface area contributed by atoms with E-state index < -0.39 is 0 Å². The molecular weight excluding hydrogens is 345 g/mol. The number of hydrogen-bond acceptors (Lipinski definition) is 4. The second kappa shape index (κ2) is 8.31. The zero-order valence-electron chi connectivity index (χ0n) is 15.1. The molecule has 0 radical (unpaired) electrons. The SMILES string of the molecule is CC(C)Oc1ccccc1NC(=O)c1ccnc(Nc2ccc(F)cc2)c1. The fourth-order valence-electron chi connectivity index (χ4n) is 2.44. The molecule has 1 amide bonds. The van der Waals surface area contributed by atoms with Crippen LogP contribution in [0, 0.1) is 5.82 Å². The standard InChI is InChI=1S/C21H20FN3O2/c1-14(2)27-19-6-4-3-5-18(19)25-21(26)15-11-12-23-20(13-15)24-17-9-7-16(22)8-10-17/h3-14H,1-2H3,(H,23,24)(H,25,26). The summed E-state index contributed by atoms with van der Waals surface area (Å²) in [6.45, 7) is 3.85. The zero-order valence-corrected chi connectivity index (χ0v) is 15.1. The number of carbonyl (C=O) groups excluding carboxylic acids is 1. The van der Waals surface area contributed by atoms with Gasteiger partial charge in [0.2, 0.25) is 0 Å². The average Bonchev–Trinajstić information content (AvgIpc) is 2.65. The third kappa shape index (κ3) is 5.04. The van der Waals surface area contributed by atoms with Gasteiger partial charge in [0, 0.05) is 17.4 Å². The van der Waals surface area contributed by atoms with Crippen LogP contribution < -0.4 is 15.4 Å². The van der Waals surface area contributed by atoms with E-state index in [1.54, 1.807) is 30.3 Å². The van der Waals surface area contributed by atoms with E-state index in [4.69, 9.17) is 4.74 Å². The highest BCUT2D eigenvalue weighted by Gasteiger charge is 2.11. The largest absolute Gasteiger partial charge is 0.489 e. The van der Waals surface area contributed by atoms with Crippen LogP contribution >= 0.6 is 0 Å². The van der Waals surface area contributed by atoms with Crippen LogP contribution in [0.2, 0.25) is 0 Å². The Hall–Kier alpha value is -3.41. The second-order valence-corrected chi connectivity index (χ2v) is 6.18. The van der Waals surface area contributed by atoms with Gasteiger partial charge >= 0.3 is 0 Å². The van der Waals surface area contributed by atoms with Crippen LogP contribution in [0.1, 0.15) is 24.2 Å². The van der Waals surface area contributed by atoms with Crippen molar-refractivity contribution in [2.75, 3.05) is 10.6 Å². The minimum Gasteiger partial charge on any atom is -0.489 e. The summed E-state index contributed by atoms with van der Waals surface area (Å²) in [5, 5.41) is 5.91. The van der Waals surface area contributed by atoms with Gasteiger partial charge in [0.15, 0.2) is 0 Å². The van der Waals surface area contributed by atoms with Crippen LogP contribution in [0.3, 0.4) is 0 Å². The molecule has 138 valence electrons. The van der Waals surface area contributed by atoms with Gasteiger partial charge in [0.1, 0.15) is 17.4 Å². The number of pyridine rings is 1. The lowest BCUT2D eigenvalue weighted by atomic mass is 10.2. The van der Waals surface area contributed by atoms with E-state index in [1.807, 2.05) is 32.0 Å². The Morgan fingerprint density at radius 3 is 2.56 bits per heavy atom. The molecule has 1 aromatic heterocycles. The number of rotatable bonds is 6. The summed E-state index contributed by atoms with van der Waals surface area (Å²) < 4.78 is 18.7. The summed E-state index contributed by atoms with van der Waals surface area (Å²) in [6, 6.07) is 16.4. The van der Waals surface area contributed by atoms with Gasteiger partial charge in [-0.25, -0.2) is 9.37 Å². The van der Waals surface area contributed by atoms with Crippen molar-refractivity contribution in [1.29, 1.82) is 0 Å². The summed E-state index contributed by atoms with van der Waals surface area (Å²) >= 11 is 0. The van der Waals surface area contributed by atoms with Gasteiger partial charge in [-0.2, -0.15) is 0 Å². The van der Waals surface area contributed by atoms with Crippen molar-refractivity contribution >= 4 is 23.1 Å². The Morgan fingerprint density at radius 2 is 1.81 bits per heavy atom. The molecular formula is C21H20FN3O2. The molecule has 0 saturated heterocycles. The summed E-state index contributed by atoms with van der Waals surface area (Å²) in [5.74, 6) is 0.504. The maximum Gasteiger partial charge on any atom is 0.255 e. The Kier molecular flexibility index (Phi) is 5.66. The van der Waals surface area contributed by atoms with E-state index in [-0.39, 0.29) is 17.8 Å². The molecule has 27 heavy (non-hydrogen) atoms. The minimum absolute atomic E-state index is 0.00418. The fraction of sp³-hybridized carbons (Fsp3) is 0.143. The number of benzene rings is 2. The van der Waals surface area contributed by atoms with Crippen LogP contribution in [0.25, 0.3) is 0 Å². The van der Waals surface area contributed by atoms with Crippen LogP contribution in [-0.2, 0) is 0 Å². The maximum absolute atomic E-state index is 13.0. The molecule has 3 aromatic rings. The molecule has 0 saturated carbocycles. The molecule has 5 nitrogen and oxygen atoms in total. The van der Waals surface area contributed by atoms with Crippen molar-refractivity contribution in [3.8, 4) is 5.75 Å². The summed E-state index contributed by atoms with van der Waals surface area (Å²) in [7, 11) is 0. The third-order valence-corrected chi connectivity index (χ3v) is 3.64. The quantitative estimate of drug-likeness (QED) is 0.645. The van der Waals surface area contributed by atoms with Crippen molar-refractivity contribution < 1.29 is 13.9 Å². The Labute approximate surface area is 157 Å². The molecule has 0 bridgehead atoms. The highest BCUT2D eigenvalue weighted by Crippen LogP contribution is 2.25. The lowest BCUT2D eigenvalue weighted by molar-refractivity contribution is 0.102. The smallest absolute Gasteiger partial charge is 0.255 e. The molecule has 2 N–H and O–H groups in total. The van der Waals surface area contributed by atoms with Crippen molar-refractivity contribution in [3.63, 3.8) is 0 Å². The molecule has 0 fully saturated rings. The molecule has 0 aliphatic carbocycles. The van der Waals surface area contributed by atoms with Crippen LogP contribution in [0.4, 0.5) is 21.6 Å². The zero-order chi connectivity index (χ0) is 19.2. The lowest BCUT2D eigenvalue weighted by Crippen LogP contribution is -2.14.